The van der Waals surface area contributed by atoms with Crippen LogP contribution in [0.15, 0.2) is 0 Å². The van der Waals surface area contributed by atoms with Gasteiger partial charge in [-0.15, -0.1) is 0 Å². The van der Waals surface area contributed by atoms with Gasteiger partial charge in [0.1, 0.15) is 0 Å². The molecule has 22 heavy (non-hydrogen) atoms. The van der Waals surface area contributed by atoms with Crippen LogP contribution in [-0.4, -0.2) is 38.1 Å². The van der Waals surface area contributed by atoms with E-state index in [0.717, 1.165) is 12.5 Å². The number of nitrogens with one attached hydrogen (secondary N) is 1. The summed E-state index contributed by atoms with van der Waals surface area (Å²) in [5.74, 6) is 0.962. The molecule has 0 amide bonds. The molecule has 0 saturated carbocycles. The molecular formula is C20H46N2. The summed E-state index contributed by atoms with van der Waals surface area (Å²) in [6, 6.07) is 0. The van der Waals surface area contributed by atoms with E-state index in [1.165, 1.54) is 58.2 Å². The standard InChI is InChI=1S/C12H25N.C6H15N.C2H6/c1-5-8-12(2,3)11-6-9-13(4)10-7-11;1-3-5-6-7-4-2;1-2/h11H,5-10H2,1-4H3;7H,3-6H2,1-2H3;1-2H3. The Morgan fingerprint density at radius 1 is 1.00 bits per heavy atom. The summed E-state index contributed by atoms with van der Waals surface area (Å²) in [6.45, 7) is 20.4. The average molecular weight is 315 g/mol. The minimum Gasteiger partial charge on any atom is -0.317 e. The quantitative estimate of drug-likeness (QED) is 0.617. The van der Waals surface area contributed by atoms with Gasteiger partial charge in [0.05, 0.1) is 0 Å². The van der Waals surface area contributed by atoms with Crippen molar-refractivity contribution >= 4 is 0 Å². The number of hydrogen-bond donors (Lipinski definition) is 1. The van der Waals surface area contributed by atoms with Gasteiger partial charge in [-0.1, -0.05) is 61.3 Å². The van der Waals surface area contributed by atoms with E-state index in [-0.39, 0.29) is 0 Å². The van der Waals surface area contributed by atoms with Crippen molar-refractivity contribution in [3.05, 3.63) is 0 Å². The number of nitrogens with zero attached hydrogens (tertiary/aromatic N) is 1. The number of piperidine rings is 1. The van der Waals surface area contributed by atoms with Crippen LogP contribution in [-0.2, 0) is 0 Å². The number of rotatable bonds is 7. The molecule has 2 nitrogen and oxygen atoms in total. The Kier molecular flexibility index (Phi) is 17.4. The Balaban J connectivity index is 0. The van der Waals surface area contributed by atoms with E-state index >= 15 is 0 Å². The molecule has 1 saturated heterocycles. The molecule has 0 bridgehead atoms. The van der Waals surface area contributed by atoms with Crippen molar-refractivity contribution in [2.24, 2.45) is 11.3 Å². The molecule has 136 valence electrons. The van der Waals surface area contributed by atoms with Crippen LogP contribution in [0.2, 0.25) is 0 Å². The summed E-state index contributed by atoms with van der Waals surface area (Å²) in [7, 11) is 2.24. The molecule has 1 fully saturated rings. The molecule has 1 rings (SSSR count). The van der Waals surface area contributed by atoms with Crippen LogP contribution in [0.5, 0.6) is 0 Å². The molecule has 0 atom stereocenters. The predicted octanol–water partition coefficient (Wildman–Crippen LogP) is 5.58. The van der Waals surface area contributed by atoms with Gasteiger partial charge in [0.25, 0.3) is 0 Å². The first kappa shape index (κ1) is 24.2. The first-order valence-corrected chi connectivity index (χ1v) is 9.87. The van der Waals surface area contributed by atoms with E-state index < -0.39 is 0 Å². The first-order chi connectivity index (χ1) is 10.5. The Labute approximate surface area is 142 Å². The van der Waals surface area contributed by atoms with Crippen LogP contribution >= 0.6 is 0 Å². The van der Waals surface area contributed by atoms with Gasteiger partial charge in [-0.25, -0.2) is 0 Å². The second kappa shape index (κ2) is 15.8. The largest absolute Gasteiger partial charge is 0.317 e. The van der Waals surface area contributed by atoms with Gasteiger partial charge >= 0.3 is 0 Å². The van der Waals surface area contributed by atoms with Gasteiger partial charge in [0.15, 0.2) is 0 Å². The molecule has 1 aliphatic rings. The lowest BCUT2D eigenvalue weighted by molar-refractivity contribution is 0.106. The van der Waals surface area contributed by atoms with Gasteiger partial charge < -0.3 is 10.2 Å². The Bertz CT molecular complexity index is 202. The summed E-state index contributed by atoms with van der Waals surface area (Å²) in [5.41, 5.74) is 0.579. The molecular weight excluding hydrogens is 268 g/mol. The van der Waals surface area contributed by atoms with Gasteiger partial charge in [-0.3, -0.25) is 0 Å². The van der Waals surface area contributed by atoms with Gasteiger partial charge in [0.2, 0.25) is 0 Å². The van der Waals surface area contributed by atoms with E-state index in [4.69, 9.17) is 0 Å². The van der Waals surface area contributed by atoms with Crippen LogP contribution in [0.3, 0.4) is 0 Å². The lowest BCUT2D eigenvalue weighted by Gasteiger charge is -2.39. The van der Waals surface area contributed by atoms with Crippen molar-refractivity contribution in [2.45, 2.75) is 87.0 Å². The van der Waals surface area contributed by atoms with Gasteiger partial charge in [-0.2, -0.15) is 0 Å². The molecule has 0 aliphatic carbocycles. The maximum Gasteiger partial charge on any atom is -0.00189 e. The zero-order chi connectivity index (χ0) is 17.4. The normalized spacial score (nSPS) is 16.4. The highest BCUT2D eigenvalue weighted by Gasteiger charge is 2.30. The Hall–Kier alpha value is -0.0800. The molecule has 0 radical (unpaired) electrons. The van der Waals surface area contributed by atoms with Crippen LogP contribution < -0.4 is 5.32 Å². The van der Waals surface area contributed by atoms with Crippen molar-refractivity contribution in [3.8, 4) is 0 Å². The fraction of sp³-hybridized carbons (Fsp3) is 1.00. The summed E-state index contributed by atoms with van der Waals surface area (Å²) < 4.78 is 0. The van der Waals surface area contributed by atoms with E-state index in [1.807, 2.05) is 13.8 Å². The first-order valence-electron chi connectivity index (χ1n) is 9.87. The fourth-order valence-electron chi connectivity index (χ4n) is 3.12. The molecule has 1 heterocycles. The fourth-order valence-corrected chi connectivity index (χ4v) is 3.12. The summed E-state index contributed by atoms with van der Waals surface area (Å²) in [6.07, 6.45) is 8.15. The summed E-state index contributed by atoms with van der Waals surface area (Å²) in [4.78, 5) is 2.46. The van der Waals surface area contributed by atoms with Crippen LogP contribution in [0.25, 0.3) is 0 Å². The van der Waals surface area contributed by atoms with Gasteiger partial charge in [0, 0.05) is 0 Å². The highest BCUT2D eigenvalue weighted by molar-refractivity contribution is 4.82. The maximum absolute atomic E-state index is 3.25. The monoisotopic (exact) mass is 314 g/mol. The van der Waals surface area contributed by atoms with Crippen molar-refractivity contribution in [1.82, 2.24) is 10.2 Å². The molecule has 0 unspecified atom stereocenters. The third kappa shape index (κ3) is 12.5. The summed E-state index contributed by atoms with van der Waals surface area (Å²) >= 11 is 0. The van der Waals surface area contributed by atoms with E-state index in [1.54, 1.807) is 0 Å². The molecule has 0 aromatic rings. The number of likely N-dealkylation sites (tertiary alicyclic amines) is 1. The molecule has 1 N–H and O–H groups in total. The summed E-state index contributed by atoms with van der Waals surface area (Å²) in [5, 5.41) is 3.25. The van der Waals surface area contributed by atoms with Crippen LogP contribution in [0, 0.1) is 11.3 Å². The zero-order valence-electron chi connectivity index (χ0n) is 17.1. The van der Waals surface area contributed by atoms with Gasteiger partial charge in [-0.05, 0) is 70.2 Å². The second-order valence-corrected chi connectivity index (χ2v) is 7.02. The molecule has 2 heteroatoms. The third-order valence-electron chi connectivity index (χ3n) is 4.68. The minimum absolute atomic E-state index is 0.579. The highest BCUT2D eigenvalue weighted by atomic mass is 15.1. The number of unbranched alkanes of at least 4 members (excludes halogenated alkanes) is 1. The third-order valence-corrected chi connectivity index (χ3v) is 4.68. The van der Waals surface area contributed by atoms with E-state index in [0.29, 0.717) is 5.41 Å². The van der Waals surface area contributed by atoms with Crippen LogP contribution in [0.4, 0.5) is 0 Å². The average Bonchev–Trinajstić information content (AvgIpc) is 2.51. The SMILES string of the molecule is CC.CCCC(C)(C)C1CCN(C)CC1.CCCCNCC. The maximum atomic E-state index is 3.25. The zero-order valence-corrected chi connectivity index (χ0v) is 17.1. The Morgan fingerprint density at radius 2 is 1.55 bits per heavy atom. The molecule has 0 aromatic carbocycles. The Morgan fingerprint density at radius 3 is 1.95 bits per heavy atom. The predicted molar refractivity (Wildman–Crippen MR) is 104 cm³/mol. The number of hydrogen-bond acceptors (Lipinski definition) is 2. The van der Waals surface area contributed by atoms with Crippen molar-refractivity contribution in [1.29, 1.82) is 0 Å². The van der Waals surface area contributed by atoms with Crippen LogP contribution in [0.1, 0.15) is 87.0 Å². The molecule has 0 spiro atoms. The highest BCUT2D eigenvalue weighted by Crippen LogP contribution is 2.38. The topological polar surface area (TPSA) is 15.3 Å². The van der Waals surface area contributed by atoms with E-state index in [2.05, 4.69) is 51.9 Å². The molecule has 1 aliphatic heterocycles. The lowest BCUT2D eigenvalue weighted by atomic mass is 9.71. The smallest absolute Gasteiger partial charge is 0.00189 e. The van der Waals surface area contributed by atoms with Crippen molar-refractivity contribution < 1.29 is 0 Å². The van der Waals surface area contributed by atoms with E-state index in [9.17, 15) is 0 Å². The van der Waals surface area contributed by atoms with Crippen molar-refractivity contribution in [3.63, 3.8) is 0 Å². The second-order valence-electron chi connectivity index (χ2n) is 7.02. The lowest BCUT2D eigenvalue weighted by Crippen LogP contribution is -2.36. The van der Waals surface area contributed by atoms with Crippen molar-refractivity contribution in [2.75, 3.05) is 33.2 Å². The minimum atomic E-state index is 0.579. The molecule has 0 aromatic heterocycles.